The van der Waals surface area contributed by atoms with Crippen LogP contribution in [0.2, 0.25) is 0 Å². The van der Waals surface area contributed by atoms with E-state index in [0.29, 0.717) is 6.54 Å². The van der Waals surface area contributed by atoms with Gasteiger partial charge >= 0.3 is 0 Å². The maximum atomic E-state index is 5.57. The van der Waals surface area contributed by atoms with E-state index in [1.165, 1.54) is 10.6 Å². The smallest absolute Gasteiger partial charge is 0.168 e. The van der Waals surface area contributed by atoms with Gasteiger partial charge < -0.3 is 10.6 Å². The molecule has 0 aliphatic carbocycles. The number of rotatable bonds is 1. The van der Waals surface area contributed by atoms with Gasteiger partial charge in [-0.15, -0.1) is 0 Å². The van der Waals surface area contributed by atoms with Crippen LogP contribution in [0.1, 0.15) is 6.92 Å². The monoisotopic (exact) mass is 169 g/mol. The van der Waals surface area contributed by atoms with E-state index in [2.05, 4.69) is 16.8 Å². The summed E-state index contributed by atoms with van der Waals surface area (Å²) in [7, 11) is 0. The predicted molar refractivity (Wildman–Crippen MR) is 48.4 cm³/mol. The third-order valence-electron chi connectivity index (χ3n) is 2.01. The van der Waals surface area contributed by atoms with E-state index < -0.39 is 0 Å². The normalized spacial score (nSPS) is 22.7. The Morgan fingerprint density at radius 1 is 1.73 bits per heavy atom. The van der Waals surface area contributed by atoms with Crippen molar-refractivity contribution in [3.05, 3.63) is 10.6 Å². The largest absolute Gasteiger partial charge is 0.326 e. The van der Waals surface area contributed by atoms with Crippen LogP contribution in [0.5, 0.6) is 0 Å². The topological polar surface area (TPSA) is 41.6 Å². The molecule has 0 radical (unpaired) electrons. The van der Waals surface area contributed by atoms with Crippen molar-refractivity contribution in [1.29, 1.82) is 0 Å². The second-order valence-corrected chi connectivity index (χ2v) is 3.69. The molecule has 2 aliphatic heterocycles. The first-order chi connectivity index (χ1) is 5.33. The van der Waals surface area contributed by atoms with Crippen molar-refractivity contribution in [3.63, 3.8) is 0 Å². The molecule has 2 aliphatic rings. The second kappa shape index (κ2) is 2.53. The molecule has 4 heteroatoms. The first-order valence-corrected chi connectivity index (χ1v) is 4.54. The molecule has 2 N–H and O–H groups in total. The Morgan fingerprint density at radius 3 is 3.18 bits per heavy atom. The lowest BCUT2D eigenvalue weighted by Gasteiger charge is -2.11. The number of allylic oxidation sites excluding steroid dienone is 1. The maximum Gasteiger partial charge on any atom is 0.168 e. The standard InChI is InChI=1S/C7H11N3S/c1-5-6(4-8)11-7-9-2-3-10(5)7/h2-4,8H2,1H3. The van der Waals surface area contributed by atoms with Crippen LogP contribution in [-0.4, -0.2) is 29.7 Å². The van der Waals surface area contributed by atoms with Gasteiger partial charge in [0, 0.05) is 23.7 Å². The van der Waals surface area contributed by atoms with E-state index in [-0.39, 0.29) is 0 Å². The summed E-state index contributed by atoms with van der Waals surface area (Å²) in [5.74, 6) is 0. The fraction of sp³-hybridized carbons (Fsp3) is 0.571. The summed E-state index contributed by atoms with van der Waals surface area (Å²) in [6.07, 6.45) is 0. The molecule has 0 aromatic rings. The summed E-state index contributed by atoms with van der Waals surface area (Å²) >= 11 is 1.72. The fourth-order valence-electron chi connectivity index (χ4n) is 1.35. The van der Waals surface area contributed by atoms with E-state index in [0.717, 1.165) is 18.3 Å². The molecule has 0 amide bonds. The highest BCUT2D eigenvalue weighted by atomic mass is 32.2. The maximum absolute atomic E-state index is 5.57. The molecule has 0 saturated heterocycles. The summed E-state index contributed by atoms with van der Waals surface area (Å²) in [5.41, 5.74) is 6.87. The summed E-state index contributed by atoms with van der Waals surface area (Å²) in [6, 6.07) is 0. The number of nitrogens with zero attached hydrogens (tertiary/aromatic N) is 2. The minimum absolute atomic E-state index is 0.645. The molecule has 0 aromatic heterocycles. The Labute approximate surface area is 70.3 Å². The Hall–Kier alpha value is -0.480. The molecule has 0 spiro atoms. The van der Waals surface area contributed by atoms with Crippen LogP contribution >= 0.6 is 11.8 Å². The molecule has 0 fully saturated rings. The van der Waals surface area contributed by atoms with Crippen molar-refractivity contribution in [2.24, 2.45) is 10.7 Å². The highest BCUT2D eigenvalue weighted by Gasteiger charge is 2.28. The highest BCUT2D eigenvalue weighted by molar-refractivity contribution is 8.17. The van der Waals surface area contributed by atoms with Gasteiger partial charge in [0.2, 0.25) is 0 Å². The van der Waals surface area contributed by atoms with Crippen LogP contribution in [-0.2, 0) is 0 Å². The first-order valence-electron chi connectivity index (χ1n) is 3.72. The van der Waals surface area contributed by atoms with Crippen molar-refractivity contribution in [1.82, 2.24) is 4.90 Å². The zero-order valence-corrected chi connectivity index (χ0v) is 7.32. The fourth-order valence-corrected chi connectivity index (χ4v) is 2.40. The van der Waals surface area contributed by atoms with Crippen molar-refractivity contribution in [3.8, 4) is 0 Å². The zero-order chi connectivity index (χ0) is 7.84. The van der Waals surface area contributed by atoms with E-state index in [4.69, 9.17) is 5.73 Å². The van der Waals surface area contributed by atoms with Crippen molar-refractivity contribution >= 4 is 16.9 Å². The average molecular weight is 169 g/mol. The van der Waals surface area contributed by atoms with E-state index in [9.17, 15) is 0 Å². The lowest BCUT2D eigenvalue weighted by atomic mass is 10.4. The van der Waals surface area contributed by atoms with Gasteiger partial charge in [-0.1, -0.05) is 11.8 Å². The molecule has 2 rings (SSSR count). The summed E-state index contributed by atoms with van der Waals surface area (Å²) in [4.78, 5) is 7.86. The quantitative estimate of drug-likeness (QED) is 0.625. The number of nitrogens with two attached hydrogens (primary N) is 1. The van der Waals surface area contributed by atoms with Crippen LogP contribution in [0.4, 0.5) is 0 Å². The van der Waals surface area contributed by atoms with Gasteiger partial charge in [0.1, 0.15) is 0 Å². The second-order valence-electron chi connectivity index (χ2n) is 2.63. The Morgan fingerprint density at radius 2 is 2.55 bits per heavy atom. The molecule has 0 aromatic carbocycles. The van der Waals surface area contributed by atoms with Gasteiger partial charge in [-0.2, -0.15) is 0 Å². The zero-order valence-electron chi connectivity index (χ0n) is 6.50. The molecule has 0 atom stereocenters. The molecule has 60 valence electrons. The van der Waals surface area contributed by atoms with Gasteiger partial charge in [-0.25, -0.2) is 0 Å². The molecular formula is C7H11N3S. The lowest BCUT2D eigenvalue weighted by molar-refractivity contribution is 0.571. The summed E-state index contributed by atoms with van der Waals surface area (Å²) in [6.45, 7) is 4.74. The number of amidine groups is 1. The van der Waals surface area contributed by atoms with Crippen LogP contribution in [0, 0.1) is 0 Å². The van der Waals surface area contributed by atoms with E-state index in [1.807, 2.05) is 0 Å². The predicted octanol–water partition coefficient (Wildman–Crippen LogP) is 0.595. The average Bonchev–Trinajstić information content (AvgIpc) is 2.53. The SMILES string of the molecule is CC1=C(CN)SC2=NCCN21. The highest BCUT2D eigenvalue weighted by Crippen LogP contribution is 2.34. The van der Waals surface area contributed by atoms with Gasteiger partial charge in [0.15, 0.2) is 5.17 Å². The number of aliphatic imine (C=N–C) groups is 1. The van der Waals surface area contributed by atoms with E-state index >= 15 is 0 Å². The van der Waals surface area contributed by atoms with Crippen LogP contribution in [0.15, 0.2) is 15.6 Å². The third-order valence-corrected chi connectivity index (χ3v) is 3.25. The van der Waals surface area contributed by atoms with Gasteiger partial charge in [-0.3, -0.25) is 4.99 Å². The first kappa shape index (κ1) is 7.18. The number of thioether (sulfide) groups is 1. The molecular weight excluding hydrogens is 158 g/mol. The Balaban J connectivity index is 2.27. The van der Waals surface area contributed by atoms with Gasteiger partial charge in [0.05, 0.1) is 6.54 Å². The van der Waals surface area contributed by atoms with Crippen molar-refractivity contribution in [2.75, 3.05) is 19.6 Å². The van der Waals surface area contributed by atoms with Crippen molar-refractivity contribution in [2.45, 2.75) is 6.92 Å². The van der Waals surface area contributed by atoms with Crippen LogP contribution in [0.25, 0.3) is 0 Å². The summed E-state index contributed by atoms with van der Waals surface area (Å²) in [5, 5.41) is 1.14. The Bertz CT molecular complexity index is 244. The van der Waals surface area contributed by atoms with Gasteiger partial charge in [-0.05, 0) is 6.92 Å². The Kier molecular flexibility index (Phi) is 1.65. The van der Waals surface area contributed by atoms with Crippen LogP contribution < -0.4 is 5.73 Å². The third kappa shape index (κ3) is 0.973. The lowest BCUT2D eigenvalue weighted by Crippen LogP contribution is -2.19. The molecule has 11 heavy (non-hydrogen) atoms. The molecule has 3 nitrogen and oxygen atoms in total. The number of hydrogen-bond acceptors (Lipinski definition) is 4. The minimum atomic E-state index is 0.645. The van der Waals surface area contributed by atoms with Crippen LogP contribution in [0.3, 0.4) is 0 Å². The van der Waals surface area contributed by atoms with Gasteiger partial charge in [0.25, 0.3) is 0 Å². The molecule has 0 unspecified atom stereocenters. The number of fused-ring (bicyclic) bond motifs is 1. The van der Waals surface area contributed by atoms with E-state index in [1.54, 1.807) is 11.8 Å². The molecule has 0 saturated carbocycles. The van der Waals surface area contributed by atoms with Crippen molar-refractivity contribution < 1.29 is 0 Å². The molecule has 0 bridgehead atoms. The molecule has 2 heterocycles. The number of hydrogen-bond donors (Lipinski definition) is 1. The minimum Gasteiger partial charge on any atom is -0.326 e. The summed E-state index contributed by atoms with van der Waals surface area (Å²) < 4.78 is 0.